The summed E-state index contributed by atoms with van der Waals surface area (Å²) in [6.07, 6.45) is -1.63. The van der Waals surface area contributed by atoms with Gasteiger partial charge < -0.3 is 14.2 Å². The Hall–Kier alpha value is -2.66. The molecule has 0 saturated carbocycles. The minimum absolute atomic E-state index is 0.0262. The van der Waals surface area contributed by atoms with Crippen LogP contribution >= 0.6 is 0 Å². The molecule has 1 rings (SSSR count). The highest BCUT2D eigenvalue weighted by Crippen LogP contribution is 2.07. The zero-order chi connectivity index (χ0) is 24.1. The lowest BCUT2D eigenvalue weighted by Gasteiger charge is -2.18. The normalized spacial score (nSPS) is 12.3. The number of nitrogens with one attached hydrogen (secondary N) is 2. The Morgan fingerprint density at radius 1 is 0.906 bits per heavy atom. The van der Waals surface area contributed by atoms with E-state index in [9.17, 15) is 22.8 Å². The zero-order valence-electron chi connectivity index (χ0n) is 18.8. The van der Waals surface area contributed by atoms with Gasteiger partial charge in [-0.3, -0.25) is 9.59 Å². The van der Waals surface area contributed by atoms with Crippen molar-refractivity contribution in [3.05, 3.63) is 35.9 Å². The average Bonchev–Trinajstić information content (AvgIpc) is 2.72. The lowest BCUT2D eigenvalue weighted by Crippen LogP contribution is -2.49. The third-order valence-electron chi connectivity index (χ3n) is 3.79. The van der Waals surface area contributed by atoms with Crippen LogP contribution < -0.4 is 9.44 Å². The Balaban J connectivity index is 2.69. The Bertz CT molecular complexity index is 841. The van der Waals surface area contributed by atoms with Crippen LogP contribution in [0.2, 0.25) is 0 Å². The Morgan fingerprint density at radius 3 is 2.09 bits per heavy atom. The Kier molecular flexibility index (Phi) is 11.7. The lowest BCUT2D eigenvalue weighted by molar-refractivity contribution is -0.148. The molecule has 1 atom stereocenters. The first-order valence-electron chi connectivity index (χ1n) is 10.3. The summed E-state index contributed by atoms with van der Waals surface area (Å²) >= 11 is 0. The summed E-state index contributed by atoms with van der Waals surface area (Å²) in [6.45, 7) is 7.53. The molecular formula is C21H32N2O8S. The van der Waals surface area contributed by atoms with Gasteiger partial charge in [-0.05, 0) is 23.8 Å². The van der Waals surface area contributed by atoms with Gasteiger partial charge in [-0.2, -0.15) is 13.1 Å². The molecule has 32 heavy (non-hydrogen) atoms. The van der Waals surface area contributed by atoms with E-state index >= 15 is 0 Å². The fraction of sp³-hybridized carbons (Fsp3) is 0.571. The van der Waals surface area contributed by atoms with Crippen LogP contribution in [0.1, 0.15) is 46.1 Å². The number of benzene rings is 1. The molecule has 0 aliphatic heterocycles. The second kappa shape index (κ2) is 13.7. The molecule has 2 N–H and O–H groups in total. The summed E-state index contributed by atoms with van der Waals surface area (Å²) in [5.74, 6) is -1.28. The molecule has 10 nitrogen and oxygen atoms in total. The molecule has 0 aliphatic carbocycles. The summed E-state index contributed by atoms with van der Waals surface area (Å²) in [4.78, 5) is 36.1. The second-order valence-electron chi connectivity index (χ2n) is 7.98. The van der Waals surface area contributed by atoms with E-state index in [0.717, 1.165) is 0 Å². The number of carbonyl (C=O) groups excluding carboxylic acids is 3. The first-order valence-corrected chi connectivity index (χ1v) is 11.8. The van der Waals surface area contributed by atoms with Crippen molar-refractivity contribution >= 4 is 28.2 Å². The molecular weight excluding hydrogens is 440 g/mol. The highest BCUT2D eigenvalue weighted by atomic mass is 32.2. The molecule has 0 radical (unpaired) electrons. The van der Waals surface area contributed by atoms with Gasteiger partial charge in [0.2, 0.25) is 0 Å². The van der Waals surface area contributed by atoms with Crippen molar-refractivity contribution in [2.24, 2.45) is 11.8 Å². The maximum absolute atomic E-state index is 12.4. The van der Waals surface area contributed by atoms with Crippen molar-refractivity contribution < 1.29 is 37.0 Å². The molecule has 1 aromatic carbocycles. The van der Waals surface area contributed by atoms with E-state index in [0.29, 0.717) is 5.56 Å². The molecule has 0 spiro atoms. The van der Waals surface area contributed by atoms with Gasteiger partial charge in [0.1, 0.15) is 12.6 Å². The van der Waals surface area contributed by atoms with Gasteiger partial charge in [-0.25, -0.2) is 9.52 Å². The molecule has 0 aliphatic rings. The number of esters is 2. The first kappa shape index (κ1) is 27.4. The van der Waals surface area contributed by atoms with Gasteiger partial charge in [0.15, 0.2) is 0 Å². The van der Waals surface area contributed by atoms with Crippen LogP contribution in [0.5, 0.6) is 0 Å². The highest BCUT2D eigenvalue weighted by molar-refractivity contribution is 7.88. The lowest BCUT2D eigenvalue weighted by atomic mass is 10.1. The van der Waals surface area contributed by atoms with E-state index in [2.05, 4.69) is 0 Å². The van der Waals surface area contributed by atoms with Crippen molar-refractivity contribution in [1.29, 1.82) is 0 Å². The number of rotatable bonds is 13. The summed E-state index contributed by atoms with van der Waals surface area (Å²) < 4.78 is 43.4. The van der Waals surface area contributed by atoms with E-state index in [1.54, 1.807) is 35.1 Å². The molecule has 1 aromatic rings. The van der Waals surface area contributed by atoms with E-state index < -0.39 is 34.3 Å². The van der Waals surface area contributed by atoms with Gasteiger partial charge in [0.25, 0.3) is 0 Å². The summed E-state index contributed by atoms with van der Waals surface area (Å²) in [5, 5.41) is 0. The number of hydrogen-bond donors (Lipinski definition) is 2. The van der Waals surface area contributed by atoms with Crippen LogP contribution in [0.15, 0.2) is 30.3 Å². The molecule has 0 saturated heterocycles. The standard InChI is InChI=1S/C21H32N2O8S/c1-15(2)12-29-19(24)11-10-18(20(25)30-13-16(3)4)22-32(27,28)23-21(26)31-14-17-8-6-5-7-9-17/h5-9,15-16,18,22H,10-14H2,1-4H3,(H,23,26). The molecule has 0 fully saturated rings. The molecule has 11 heteroatoms. The third-order valence-corrected chi connectivity index (χ3v) is 4.82. The number of amides is 1. The molecule has 0 aromatic heterocycles. The minimum atomic E-state index is -4.47. The van der Waals surface area contributed by atoms with Crippen molar-refractivity contribution in [3.63, 3.8) is 0 Å². The molecule has 0 bridgehead atoms. The van der Waals surface area contributed by atoms with Crippen LogP contribution in [0.25, 0.3) is 0 Å². The largest absolute Gasteiger partial charge is 0.465 e. The topological polar surface area (TPSA) is 137 Å². The van der Waals surface area contributed by atoms with Crippen LogP contribution in [0, 0.1) is 11.8 Å². The van der Waals surface area contributed by atoms with E-state index in [1.807, 2.05) is 32.4 Å². The zero-order valence-corrected chi connectivity index (χ0v) is 19.6. The van der Waals surface area contributed by atoms with Gasteiger partial charge >= 0.3 is 28.2 Å². The van der Waals surface area contributed by atoms with Crippen LogP contribution in [-0.2, 0) is 40.6 Å². The van der Waals surface area contributed by atoms with E-state index in [1.165, 1.54) is 0 Å². The minimum Gasteiger partial charge on any atom is -0.465 e. The van der Waals surface area contributed by atoms with Crippen LogP contribution in [0.4, 0.5) is 4.79 Å². The SMILES string of the molecule is CC(C)COC(=O)CCC(NS(=O)(=O)NC(=O)OCc1ccccc1)C(=O)OCC(C)C. The second-order valence-corrected chi connectivity index (χ2v) is 9.42. The third kappa shape index (κ3) is 12.3. The Morgan fingerprint density at radius 2 is 1.50 bits per heavy atom. The summed E-state index contributed by atoms with van der Waals surface area (Å²) in [5.41, 5.74) is 0.669. The average molecular weight is 473 g/mol. The van der Waals surface area contributed by atoms with Crippen molar-refractivity contribution in [2.45, 2.75) is 53.2 Å². The fourth-order valence-electron chi connectivity index (χ4n) is 2.25. The van der Waals surface area contributed by atoms with Crippen molar-refractivity contribution in [3.8, 4) is 0 Å². The van der Waals surface area contributed by atoms with Crippen molar-refractivity contribution in [2.75, 3.05) is 13.2 Å². The van der Waals surface area contributed by atoms with Gasteiger partial charge in [0.05, 0.1) is 13.2 Å². The number of carbonyl (C=O) groups is 3. The predicted molar refractivity (Wildman–Crippen MR) is 116 cm³/mol. The van der Waals surface area contributed by atoms with Crippen LogP contribution in [0.3, 0.4) is 0 Å². The van der Waals surface area contributed by atoms with Gasteiger partial charge in [-0.15, -0.1) is 0 Å². The summed E-state index contributed by atoms with van der Waals surface area (Å²) in [6, 6.07) is 7.30. The quantitative estimate of drug-likeness (QED) is 0.330. The highest BCUT2D eigenvalue weighted by Gasteiger charge is 2.28. The molecule has 1 amide bonds. The number of ether oxygens (including phenoxy) is 3. The monoisotopic (exact) mass is 472 g/mol. The number of hydrogen-bond acceptors (Lipinski definition) is 8. The maximum Gasteiger partial charge on any atom is 0.422 e. The van der Waals surface area contributed by atoms with Gasteiger partial charge in [-0.1, -0.05) is 58.0 Å². The summed E-state index contributed by atoms with van der Waals surface area (Å²) in [7, 11) is -4.47. The Labute approximate surface area is 189 Å². The van der Waals surface area contributed by atoms with Crippen LogP contribution in [-0.4, -0.2) is 45.7 Å². The van der Waals surface area contributed by atoms with Gasteiger partial charge in [0, 0.05) is 6.42 Å². The van der Waals surface area contributed by atoms with E-state index in [-0.39, 0.29) is 44.5 Å². The molecule has 180 valence electrons. The smallest absolute Gasteiger partial charge is 0.422 e. The molecule has 1 unspecified atom stereocenters. The predicted octanol–water partition coefficient (Wildman–Crippen LogP) is 2.29. The maximum atomic E-state index is 12.4. The fourth-order valence-corrected chi connectivity index (χ4v) is 3.17. The first-order chi connectivity index (χ1) is 15.0. The van der Waals surface area contributed by atoms with Crippen molar-refractivity contribution in [1.82, 2.24) is 9.44 Å². The molecule has 0 heterocycles. The van der Waals surface area contributed by atoms with E-state index in [4.69, 9.17) is 14.2 Å².